The zero-order valence-corrected chi connectivity index (χ0v) is 10.6. The summed E-state index contributed by atoms with van der Waals surface area (Å²) < 4.78 is 13.2. The second kappa shape index (κ2) is 5.34. The number of nitro benzene ring substituents is 1. The number of amides is 1. The first-order valence-corrected chi connectivity index (χ1v) is 6.22. The van der Waals surface area contributed by atoms with E-state index in [1.807, 2.05) is 0 Å². The quantitative estimate of drug-likeness (QED) is 0.675. The number of nitro groups is 1. The molecular weight excluding hydrogens is 251 g/mol. The van der Waals surface area contributed by atoms with Gasteiger partial charge in [-0.15, -0.1) is 0 Å². The van der Waals surface area contributed by atoms with Crippen molar-refractivity contribution in [1.82, 2.24) is 5.32 Å². The van der Waals surface area contributed by atoms with E-state index >= 15 is 0 Å². The van der Waals surface area contributed by atoms with E-state index < -0.39 is 16.4 Å². The summed E-state index contributed by atoms with van der Waals surface area (Å²) in [5.41, 5.74) is -0.555. The molecule has 1 saturated carbocycles. The molecule has 0 radical (unpaired) electrons. The van der Waals surface area contributed by atoms with Crippen LogP contribution < -0.4 is 5.32 Å². The summed E-state index contributed by atoms with van der Waals surface area (Å²) in [6, 6.07) is 3.29. The highest BCUT2D eigenvalue weighted by molar-refractivity contribution is 5.95. The molecule has 1 N–H and O–H groups in total. The fourth-order valence-corrected chi connectivity index (χ4v) is 2.40. The SMILES string of the molecule is CC1CCC(NC(=O)c2ccc(F)c([N+](=O)[O-])c2)C1. The first kappa shape index (κ1) is 13.5. The van der Waals surface area contributed by atoms with Gasteiger partial charge in [-0.3, -0.25) is 14.9 Å². The number of halogens is 1. The average Bonchev–Trinajstić information content (AvgIpc) is 2.74. The molecule has 0 aromatic heterocycles. The van der Waals surface area contributed by atoms with E-state index in [2.05, 4.69) is 12.2 Å². The van der Waals surface area contributed by atoms with Crippen molar-refractivity contribution < 1.29 is 14.1 Å². The molecule has 2 atom stereocenters. The average molecular weight is 266 g/mol. The summed E-state index contributed by atoms with van der Waals surface area (Å²) in [7, 11) is 0. The van der Waals surface area contributed by atoms with Gasteiger partial charge in [-0.2, -0.15) is 4.39 Å². The Labute approximate surface area is 110 Å². The molecule has 6 heteroatoms. The second-order valence-electron chi connectivity index (χ2n) is 5.01. The van der Waals surface area contributed by atoms with Crippen LogP contribution in [0.2, 0.25) is 0 Å². The summed E-state index contributed by atoms with van der Waals surface area (Å²) >= 11 is 0. The summed E-state index contributed by atoms with van der Waals surface area (Å²) in [5.74, 6) is -0.744. The molecule has 1 aromatic carbocycles. The number of carbonyl (C=O) groups is 1. The minimum Gasteiger partial charge on any atom is -0.349 e. The van der Waals surface area contributed by atoms with Crippen molar-refractivity contribution >= 4 is 11.6 Å². The maximum absolute atomic E-state index is 13.2. The lowest BCUT2D eigenvalue weighted by Gasteiger charge is -2.12. The van der Waals surface area contributed by atoms with Gasteiger partial charge in [0.15, 0.2) is 0 Å². The zero-order chi connectivity index (χ0) is 14.0. The Hall–Kier alpha value is -1.98. The van der Waals surface area contributed by atoms with Crippen LogP contribution in [0.4, 0.5) is 10.1 Å². The number of rotatable bonds is 3. The van der Waals surface area contributed by atoms with Gasteiger partial charge in [0.05, 0.1) is 4.92 Å². The zero-order valence-electron chi connectivity index (χ0n) is 10.6. The van der Waals surface area contributed by atoms with Crippen LogP contribution in [0.1, 0.15) is 36.5 Å². The second-order valence-corrected chi connectivity index (χ2v) is 5.01. The molecule has 0 aliphatic heterocycles. The highest BCUT2D eigenvalue weighted by Crippen LogP contribution is 2.25. The molecule has 1 aliphatic rings. The molecule has 1 fully saturated rings. The van der Waals surface area contributed by atoms with E-state index in [1.165, 1.54) is 6.07 Å². The number of carbonyl (C=O) groups excluding carboxylic acids is 1. The molecule has 0 spiro atoms. The maximum atomic E-state index is 13.2. The van der Waals surface area contributed by atoms with E-state index in [1.54, 1.807) is 0 Å². The molecule has 1 amide bonds. The molecular formula is C13H15FN2O3. The number of hydrogen-bond donors (Lipinski definition) is 1. The van der Waals surface area contributed by atoms with Gasteiger partial charge in [-0.1, -0.05) is 6.92 Å². The fraction of sp³-hybridized carbons (Fsp3) is 0.462. The van der Waals surface area contributed by atoms with Gasteiger partial charge in [0.25, 0.3) is 5.91 Å². The largest absolute Gasteiger partial charge is 0.349 e. The molecule has 0 heterocycles. The van der Waals surface area contributed by atoms with Gasteiger partial charge in [0.2, 0.25) is 5.82 Å². The van der Waals surface area contributed by atoms with E-state index in [9.17, 15) is 19.3 Å². The number of nitrogens with one attached hydrogen (secondary N) is 1. The highest BCUT2D eigenvalue weighted by Gasteiger charge is 2.24. The van der Waals surface area contributed by atoms with Gasteiger partial charge in [-0.25, -0.2) is 0 Å². The van der Waals surface area contributed by atoms with Crippen LogP contribution in [-0.2, 0) is 0 Å². The number of nitrogens with zero attached hydrogens (tertiary/aromatic N) is 1. The third kappa shape index (κ3) is 3.07. The predicted molar refractivity (Wildman–Crippen MR) is 67.3 cm³/mol. The van der Waals surface area contributed by atoms with Crippen molar-refractivity contribution in [2.45, 2.75) is 32.2 Å². The normalized spacial score (nSPS) is 22.2. The smallest absolute Gasteiger partial charge is 0.305 e. The molecule has 1 aliphatic carbocycles. The Morgan fingerprint density at radius 1 is 1.47 bits per heavy atom. The van der Waals surface area contributed by atoms with E-state index in [4.69, 9.17) is 0 Å². The van der Waals surface area contributed by atoms with Crippen LogP contribution in [0.25, 0.3) is 0 Å². The molecule has 102 valence electrons. The van der Waals surface area contributed by atoms with E-state index in [-0.39, 0.29) is 17.5 Å². The summed E-state index contributed by atoms with van der Waals surface area (Å²) in [6.07, 6.45) is 2.89. The molecule has 0 saturated heterocycles. The van der Waals surface area contributed by atoms with Crippen molar-refractivity contribution in [3.63, 3.8) is 0 Å². The lowest BCUT2D eigenvalue weighted by Crippen LogP contribution is -2.32. The third-order valence-corrected chi connectivity index (χ3v) is 3.44. The lowest BCUT2D eigenvalue weighted by atomic mass is 10.1. The predicted octanol–water partition coefficient (Wildman–Crippen LogP) is 2.65. The van der Waals surface area contributed by atoms with Crippen molar-refractivity contribution in [3.8, 4) is 0 Å². The van der Waals surface area contributed by atoms with Gasteiger partial charge < -0.3 is 5.32 Å². The Balaban J connectivity index is 2.11. The molecule has 19 heavy (non-hydrogen) atoms. The lowest BCUT2D eigenvalue weighted by molar-refractivity contribution is -0.387. The minimum absolute atomic E-state index is 0.103. The van der Waals surface area contributed by atoms with Crippen LogP contribution in [0, 0.1) is 21.8 Å². The summed E-state index contributed by atoms with van der Waals surface area (Å²) in [6.45, 7) is 2.12. The highest BCUT2D eigenvalue weighted by atomic mass is 19.1. The van der Waals surface area contributed by atoms with E-state index in [0.29, 0.717) is 5.92 Å². The number of benzene rings is 1. The van der Waals surface area contributed by atoms with Gasteiger partial charge in [-0.05, 0) is 37.3 Å². The molecule has 2 unspecified atom stereocenters. The van der Waals surface area contributed by atoms with Crippen molar-refractivity contribution in [3.05, 3.63) is 39.7 Å². The van der Waals surface area contributed by atoms with Crippen LogP contribution in [0.3, 0.4) is 0 Å². The molecule has 1 aromatic rings. The van der Waals surface area contributed by atoms with Gasteiger partial charge in [0, 0.05) is 17.7 Å². The molecule has 5 nitrogen and oxygen atoms in total. The fourth-order valence-electron chi connectivity index (χ4n) is 2.40. The Bertz CT molecular complexity index is 519. The first-order chi connectivity index (χ1) is 8.97. The van der Waals surface area contributed by atoms with Crippen LogP contribution in [0.15, 0.2) is 18.2 Å². The maximum Gasteiger partial charge on any atom is 0.305 e. The molecule has 2 rings (SSSR count). The van der Waals surface area contributed by atoms with Crippen molar-refractivity contribution in [1.29, 1.82) is 0 Å². The van der Waals surface area contributed by atoms with Crippen molar-refractivity contribution in [2.75, 3.05) is 0 Å². The van der Waals surface area contributed by atoms with Crippen molar-refractivity contribution in [2.24, 2.45) is 5.92 Å². The first-order valence-electron chi connectivity index (χ1n) is 6.22. The van der Waals surface area contributed by atoms with Crippen LogP contribution in [0.5, 0.6) is 0 Å². The standard InChI is InChI=1S/C13H15FN2O3/c1-8-2-4-10(6-8)15-13(17)9-3-5-11(14)12(7-9)16(18)19/h3,5,7-8,10H,2,4,6H2,1H3,(H,15,17). The van der Waals surface area contributed by atoms with Gasteiger partial charge >= 0.3 is 5.69 Å². The van der Waals surface area contributed by atoms with E-state index in [0.717, 1.165) is 31.4 Å². The third-order valence-electron chi connectivity index (χ3n) is 3.44. The topological polar surface area (TPSA) is 72.2 Å². The Morgan fingerprint density at radius 3 is 2.79 bits per heavy atom. The minimum atomic E-state index is -0.934. The van der Waals surface area contributed by atoms with Gasteiger partial charge in [0.1, 0.15) is 0 Å². The van der Waals surface area contributed by atoms with Crippen LogP contribution in [-0.4, -0.2) is 16.9 Å². The van der Waals surface area contributed by atoms with Crippen LogP contribution >= 0.6 is 0 Å². The Kier molecular flexibility index (Phi) is 3.78. The monoisotopic (exact) mass is 266 g/mol. The summed E-state index contributed by atoms with van der Waals surface area (Å²) in [5, 5.41) is 13.4. The number of hydrogen-bond acceptors (Lipinski definition) is 3. The summed E-state index contributed by atoms with van der Waals surface area (Å²) in [4.78, 5) is 21.7. The molecule has 0 bridgehead atoms. The Morgan fingerprint density at radius 2 is 2.21 bits per heavy atom.